The van der Waals surface area contributed by atoms with E-state index < -0.39 is 0 Å². The number of nitrogens with one attached hydrogen (secondary N) is 1. The van der Waals surface area contributed by atoms with Gasteiger partial charge in [0.15, 0.2) is 0 Å². The second kappa shape index (κ2) is 6.55. The van der Waals surface area contributed by atoms with E-state index in [1.807, 2.05) is 12.1 Å². The molecule has 1 unspecified atom stereocenters. The summed E-state index contributed by atoms with van der Waals surface area (Å²) >= 11 is 3.51. The first kappa shape index (κ1) is 13.8. The van der Waals surface area contributed by atoms with Crippen LogP contribution >= 0.6 is 15.9 Å². The number of halogens is 1. The van der Waals surface area contributed by atoms with E-state index in [0.29, 0.717) is 5.92 Å². The number of nitrogen functional groups attached to an aromatic ring is 1. The van der Waals surface area contributed by atoms with Crippen molar-refractivity contribution in [1.29, 1.82) is 0 Å². The van der Waals surface area contributed by atoms with Crippen molar-refractivity contribution in [3.63, 3.8) is 0 Å². The molecule has 0 radical (unpaired) electrons. The van der Waals surface area contributed by atoms with Gasteiger partial charge in [0, 0.05) is 10.2 Å². The molecule has 4 heteroatoms. The van der Waals surface area contributed by atoms with Crippen LogP contribution in [0.5, 0.6) is 0 Å². The zero-order chi connectivity index (χ0) is 13.0. The van der Waals surface area contributed by atoms with E-state index in [9.17, 15) is 0 Å². The lowest BCUT2D eigenvalue weighted by Crippen LogP contribution is -2.34. The zero-order valence-corrected chi connectivity index (χ0v) is 12.2. The number of rotatable bonds is 3. The van der Waals surface area contributed by atoms with Crippen LogP contribution in [0.25, 0.3) is 0 Å². The van der Waals surface area contributed by atoms with Crippen molar-refractivity contribution in [3.05, 3.63) is 28.2 Å². The molecular weight excluding hydrogens is 290 g/mol. The summed E-state index contributed by atoms with van der Waals surface area (Å²) in [6, 6.07) is 6.17. The third kappa shape index (κ3) is 3.25. The summed E-state index contributed by atoms with van der Waals surface area (Å²) in [7, 11) is 0. The lowest BCUT2D eigenvalue weighted by atomic mass is 9.87. The molecular formula is C14H22BrN3. The SMILES string of the molecule is NNC(c1cc(Br)ccc1N)C1CCCCCC1. The summed E-state index contributed by atoms with van der Waals surface area (Å²) in [6.07, 6.45) is 7.78. The van der Waals surface area contributed by atoms with Gasteiger partial charge in [-0.3, -0.25) is 11.3 Å². The molecule has 1 saturated carbocycles. The molecule has 0 saturated heterocycles. The highest BCUT2D eigenvalue weighted by molar-refractivity contribution is 9.10. The maximum absolute atomic E-state index is 6.10. The van der Waals surface area contributed by atoms with Crippen LogP contribution in [-0.4, -0.2) is 0 Å². The monoisotopic (exact) mass is 311 g/mol. The lowest BCUT2D eigenvalue weighted by molar-refractivity contribution is 0.330. The second-order valence-electron chi connectivity index (χ2n) is 5.17. The normalized spacial score (nSPS) is 19.4. The van der Waals surface area contributed by atoms with E-state index in [2.05, 4.69) is 27.4 Å². The Bertz CT molecular complexity index is 387. The van der Waals surface area contributed by atoms with E-state index in [0.717, 1.165) is 15.7 Å². The highest BCUT2D eigenvalue weighted by Crippen LogP contribution is 2.36. The van der Waals surface area contributed by atoms with Crippen LogP contribution in [0.2, 0.25) is 0 Å². The molecule has 100 valence electrons. The average molecular weight is 312 g/mol. The van der Waals surface area contributed by atoms with Crippen LogP contribution in [0, 0.1) is 5.92 Å². The predicted molar refractivity (Wildman–Crippen MR) is 79.8 cm³/mol. The van der Waals surface area contributed by atoms with Gasteiger partial charge in [-0.1, -0.05) is 41.6 Å². The van der Waals surface area contributed by atoms with Crippen LogP contribution in [0.1, 0.15) is 50.1 Å². The molecule has 5 N–H and O–H groups in total. The van der Waals surface area contributed by atoms with Crippen LogP contribution in [0.3, 0.4) is 0 Å². The number of anilines is 1. The summed E-state index contributed by atoms with van der Waals surface area (Å²) in [6.45, 7) is 0. The van der Waals surface area contributed by atoms with Gasteiger partial charge in [-0.25, -0.2) is 0 Å². The van der Waals surface area contributed by atoms with E-state index in [1.165, 1.54) is 38.5 Å². The van der Waals surface area contributed by atoms with Gasteiger partial charge >= 0.3 is 0 Å². The quantitative estimate of drug-likeness (QED) is 0.346. The fourth-order valence-corrected chi connectivity index (χ4v) is 3.32. The first-order chi connectivity index (χ1) is 8.72. The summed E-state index contributed by atoms with van der Waals surface area (Å²) in [5.74, 6) is 6.38. The van der Waals surface area contributed by atoms with Crippen molar-refractivity contribution in [2.24, 2.45) is 11.8 Å². The fraction of sp³-hybridized carbons (Fsp3) is 0.571. The van der Waals surface area contributed by atoms with Gasteiger partial charge in [0.1, 0.15) is 0 Å². The van der Waals surface area contributed by atoms with Crippen molar-refractivity contribution in [2.45, 2.75) is 44.6 Å². The molecule has 0 spiro atoms. The predicted octanol–water partition coefficient (Wildman–Crippen LogP) is 3.51. The Balaban J connectivity index is 2.23. The molecule has 0 aromatic heterocycles. The highest BCUT2D eigenvalue weighted by Gasteiger charge is 2.24. The fourth-order valence-electron chi connectivity index (χ4n) is 2.94. The number of benzene rings is 1. The molecule has 1 aromatic carbocycles. The minimum Gasteiger partial charge on any atom is -0.398 e. The molecule has 0 bridgehead atoms. The van der Waals surface area contributed by atoms with E-state index >= 15 is 0 Å². The summed E-state index contributed by atoms with van der Waals surface area (Å²) < 4.78 is 1.06. The molecule has 2 rings (SSSR count). The molecule has 1 fully saturated rings. The first-order valence-electron chi connectivity index (χ1n) is 6.73. The molecule has 1 aliphatic rings. The molecule has 1 aliphatic carbocycles. The van der Waals surface area contributed by atoms with Crippen molar-refractivity contribution < 1.29 is 0 Å². The van der Waals surface area contributed by atoms with E-state index in [-0.39, 0.29) is 6.04 Å². The molecule has 1 atom stereocenters. The Morgan fingerprint density at radius 2 is 1.83 bits per heavy atom. The third-order valence-electron chi connectivity index (χ3n) is 3.93. The van der Waals surface area contributed by atoms with E-state index in [1.54, 1.807) is 0 Å². The molecule has 0 amide bonds. The smallest absolute Gasteiger partial charge is 0.0508 e. The van der Waals surface area contributed by atoms with Crippen molar-refractivity contribution in [3.8, 4) is 0 Å². The maximum atomic E-state index is 6.10. The van der Waals surface area contributed by atoms with Gasteiger partial charge in [0.05, 0.1) is 6.04 Å². The van der Waals surface area contributed by atoms with Gasteiger partial charge < -0.3 is 5.73 Å². The van der Waals surface area contributed by atoms with Gasteiger partial charge in [-0.05, 0) is 42.5 Å². The highest BCUT2D eigenvalue weighted by atomic mass is 79.9. The number of hydrogen-bond donors (Lipinski definition) is 3. The number of hydrazine groups is 1. The minimum absolute atomic E-state index is 0.167. The van der Waals surface area contributed by atoms with Crippen molar-refractivity contribution in [2.75, 3.05) is 5.73 Å². The molecule has 0 aliphatic heterocycles. The average Bonchev–Trinajstić information content (AvgIpc) is 2.64. The largest absolute Gasteiger partial charge is 0.398 e. The Hall–Kier alpha value is -0.580. The van der Waals surface area contributed by atoms with Crippen LogP contribution in [-0.2, 0) is 0 Å². The van der Waals surface area contributed by atoms with Gasteiger partial charge in [-0.2, -0.15) is 0 Å². The Kier molecular flexibility index (Phi) is 5.03. The Morgan fingerprint density at radius 1 is 1.17 bits per heavy atom. The van der Waals surface area contributed by atoms with Crippen LogP contribution in [0.4, 0.5) is 5.69 Å². The number of hydrogen-bond acceptors (Lipinski definition) is 3. The van der Waals surface area contributed by atoms with Crippen molar-refractivity contribution in [1.82, 2.24) is 5.43 Å². The molecule has 3 nitrogen and oxygen atoms in total. The standard InChI is InChI=1S/C14H22BrN3/c15-11-7-8-13(16)12(9-11)14(18-17)10-5-3-1-2-4-6-10/h7-10,14,18H,1-6,16-17H2. The summed E-state index contributed by atoms with van der Waals surface area (Å²) in [4.78, 5) is 0. The Morgan fingerprint density at radius 3 is 2.44 bits per heavy atom. The van der Waals surface area contributed by atoms with Crippen LogP contribution < -0.4 is 17.0 Å². The summed E-state index contributed by atoms with van der Waals surface area (Å²) in [5.41, 5.74) is 11.0. The second-order valence-corrected chi connectivity index (χ2v) is 6.08. The van der Waals surface area contributed by atoms with Gasteiger partial charge in [0.25, 0.3) is 0 Å². The topological polar surface area (TPSA) is 64.1 Å². The van der Waals surface area contributed by atoms with Crippen LogP contribution in [0.15, 0.2) is 22.7 Å². The molecule has 0 heterocycles. The number of nitrogens with two attached hydrogens (primary N) is 2. The van der Waals surface area contributed by atoms with E-state index in [4.69, 9.17) is 11.6 Å². The minimum atomic E-state index is 0.167. The maximum Gasteiger partial charge on any atom is 0.0508 e. The van der Waals surface area contributed by atoms with Gasteiger partial charge in [0.2, 0.25) is 0 Å². The van der Waals surface area contributed by atoms with Gasteiger partial charge in [-0.15, -0.1) is 0 Å². The lowest BCUT2D eigenvalue weighted by Gasteiger charge is -2.27. The van der Waals surface area contributed by atoms with Crippen molar-refractivity contribution >= 4 is 21.6 Å². The molecule has 1 aromatic rings. The zero-order valence-electron chi connectivity index (χ0n) is 10.7. The molecule has 18 heavy (non-hydrogen) atoms. The first-order valence-corrected chi connectivity index (χ1v) is 7.52. The third-order valence-corrected chi connectivity index (χ3v) is 4.43. The Labute approximate surface area is 117 Å². The summed E-state index contributed by atoms with van der Waals surface area (Å²) in [5, 5.41) is 0.